The molecule has 2 fully saturated rings. The average Bonchev–Trinajstić information content (AvgIpc) is 3.00. The second-order valence-electron chi connectivity index (χ2n) is 6.86. The van der Waals surface area contributed by atoms with E-state index in [1.165, 1.54) is 25.0 Å². The highest BCUT2D eigenvalue weighted by molar-refractivity contribution is 6.30. The molecule has 0 unspecified atom stereocenters. The van der Waals surface area contributed by atoms with Crippen molar-refractivity contribution in [3.8, 4) is 0 Å². The first kappa shape index (κ1) is 17.1. The predicted molar refractivity (Wildman–Crippen MR) is 86.5 cm³/mol. The lowest BCUT2D eigenvalue weighted by Gasteiger charge is -2.41. The summed E-state index contributed by atoms with van der Waals surface area (Å²) in [6, 6.07) is 2.63. The smallest absolute Gasteiger partial charge is 0.149 e. The van der Waals surface area contributed by atoms with Crippen molar-refractivity contribution in [2.75, 3.05) is 32.7 Å². The fourth-order valence-corrected chi connectivity index (χ4v) is 3.94. The van der Waals surface area contributed by atoms with Gasteiger partial charge in [0.2, 0.25) is 0 Å². The van der Waals surface area contributed by atoms with Crippen molar-refractivity contribution in [2.45, 2.75) is 37.8 Å². The van der Waals surface area contributed by atoms with E-state index in [4.69, 9.17) is 11.6 Å². The lowest BCUT2D eigenvalue weighted by Crippen LogP contribution is -2.53. The van der Waals surface area contributed by atoms with Crippen molar-refractivity contribution in [3.63, 3.8) is 0 Å². The third-order valence-corrected chi connectivity index (χ3v) is 5.21. The van der Waals surface area contributed by atoms with Gasteiger partial charge in [0.25, 0.3) is 0 Å². The van der Waals surface area contributed by atoms with Gasteiger partial charge in [-0.25, -0.2) is 8.78 Å². The van der Waals surface area contributed by atoms with E-state index in [1.807, 2.05) is 4.90 Å². The summed E-state index contributed by atoms with van der Waals surface area (Å²) in [5.74, 6) is -1.43. The van der Waals surface area contributed by atoms with Gasteiger partial charge in [0.05, 0.1) is 5.60 Å². The first-order valence-corrected chi connectivity index (χ1v) is 8.64. The Morgan fingerprint density at radius 2 is 1.78 bits per heavy atom. The third kappa shape index (κ3) is 4.02. The fourth-order valence-electron chi connectivity index (χ4n) is 3.76. The van der Waals surface area contributed by atoms with Crippen LogP contribution in [0, 0.1) is 11.6 Å². The van der Waals surface area contributed by atoms with Crippen molar-refractivity contribution < 1.29 is 13.9 Å². The van der Waals surface area contributed by atoms with Crippen LogP contribution in [0.3, 0.4) is 0 Å². The zero-order chi connectivity index (χ0) is 16.4. The first-order chi connectivity index (χ1) is 11.0. The van der Waals surface area contributed by atoms with Gasteiger partial charge in [-0.3, -0.25) is 4.90 Å². The monoisotopic (exact) mass is 344 g/mol. The molecule has 0 aliphatic carbocycles. The number of hydrogen-bond donors (Lipinski definition) is 1. The van der Waals surface area contributed by atoms with Crippen molar-refractivity contribution in [1.82, 2.24) is 9.80 Å². The van der Waals surface area contributed by atoms with Gasteiger partial charge in [0.1, 0.15) is 16.7 Å². The normalized spacial score (nSPS) is 26.8. The highest BCUT2D eigenvalue weighted by Crippen LogP contribution is 2.27. The van der Waals surface area contributed by atoms with Crippen molar-refractivity contribution in [2.24, 2.45) is 0 Å². The number of hydrogen-bond acceptors (Lipinski definition) is 3. The van der Waals surface area contributed by atoms with Crippen LogP contribution in [0.1, 0.15) is 31.2 Å². The van der Waals surface area contributed by atoms with Gasteiger partial charge in [0.15, 0.2) is 0 Å². The van der Waals surface area contributed by atoms with Crippen LogP contribution in [0.2, 0.25) is 5.02 Å². The van der Waals surface area contributed by atoms with Gasteiger partial charge in [0, 0.05) is 25.2 Å². The average molecular weight is 345 g/mol. The molecule has 2 saturated heterocycles. The molecule has 0 aromatic heterocycles. The maximum absolute atomic E-state index is 14.1. The molecule has 2 aliphatic rings. The third-order valence-electron chi connectivity index (χ3n) is 4.86. The van der Waals surface area contributed by atoms with E-state index in [1.54, 1.807) is 0 Å². The number of halogens is 3. The fraction of sp³-hybridized carbons (Fsp3) is 0.647. The Morgan fingerprint density at radius 1 is 1.09 bits per heavy atom. The van der Waals surface area contributed by atoms with E-state index >= 15 is 0 Å². The molecular weight excluding hydrogens is 322 g/mol. The molecule has 2 aliphatic heterocycles. The van der Waals surface area contributed by atoms with Crippen molar-refractivity contribution in [1.29, 1.82) is 0 Å². The Kier molecular flexibility index (Phi) is 5.21. The molecule has 0 amide bonds. The molecule has 0 bridgehead atoms. The van der Waals surface area contributed by atoms with E-state index in [2.05, 4.69) is 4.90 Å². The number of benzene rings is 1. The summed E-state index contributed by atoms with van der Waals surface area (Å²) in [6.07, 6.45) is 4.03. The summed E-state index contributed by atoms with van der Waals surface area (Å²) in [5, 5.41) is 10.4. The van der Waals surface area contributed by atoms with Crippen LogP contribution < -0.4 is 0 Å². The standard InChI is InChI=1S/C17H23ClF2N2O/c18-15-14(19)5-4-13(16(15)20)10-22-9-3-6-17(23,12-22)11-21-7-1-2-8-21/h4-5,23H,1-3,6-12H2/t17-/m0/s1. The van der Waals surface area contributed by atoms with E-state index in [0.29, 0.717) is 25.2 Å². The van der Waals surface area contributed by atoms with Gasteiger partial charge < -0.3 is 10.0 Å². The van der Waals surface area contributed by atoms with Gasteiger partial charge >= 0.3 is 0 Å². The van der Waals surface area contributed by atoms with Crippen LogP contribution in [0.5, 0.6) is 0 Å². The summed E-state index contributed by atoms with van der Waals surface area (Å²) in [5.41, 5.74) is -0.370. The number of likely N-dealkylation sites (tertiary alicyclic amines) is 2. The molecule has 23 heavy (non-hydrogen) atoms. The zero-order valence-electron chi connectivity index (χ0n) is 13.2. The molecule has 1 aromatic rings. The Hall–Kier alpha value is -0.750. The summed E-state index contributed by atoms with van der Waals surface area (Å²) in [6.45, 7) is 4.42. The second kappa shape index (κ2) is 7.01. The molecule has 1 atom stereocenters. The number of nitrogens with zero attached hydrogens (tertiary/aromatic N) is 2. The molecular formula is C17H23ClF2N2O. The van der Waals surface area contributed by atoms with Crippen LogP contribution in [-0.4, -0.2) is 53.2 Å². The molecule has 2 heterocycles. The highest BCUT2D eigenvalue weighted by Gasteiger charge is 2.35. The van der Waals surface area contributed by atoms with Crippen LogP contribution in [0.4, 0.5) is 8.78 Å². The molecule has 3 rings (SSSR count). The Balaban J connectivity index is 1.65. The molecule has 128 valence electrons. The van der Waals surface area contributed by atoms with Crippen LogP contribution >= 0.6 is 11.6 Å². The molecule has 1 N–H and O–H groups in total. The van der Waals surface area contributed by atoms with E-state index in [9.17, 15) is 13.9 Å². The Morgan fingerprint density at radius 3 is 2.52 bits per heavy atom. The molecule has 0 saturated carbocycles. The van der Waals surface area contributed by atoms with E-state index in [-0.39, 0.29) is 0 Å². The largest absolute Gasteiger partial charge is 0.387 e. The SMILES string of the molecule is O[C@]1(CN2CCCC2)CCCN(Cc2ccc(F)c(Cl)c2F)C1. The van der Waals surface area contributed by atoms with Crippen molar-refractivity contribution in [3.05, 3.63) is 34.4 Å². The van der Waals surface area contributed by atoms with Crippen molar-refractivity contribution >= 4 is 11.6 Å². The van der Waals surface area contributed by atoms with Crippen LogP contribution in [0.15, 0.2) is 12.1 Å². The Bertz CT molecular complexity index is 566. The minimum Gasteiger partial charge on any atom is -0.387 e. The summed E-state index contributed by atoms with van der Waals surface area (Å²) >= 11 is 5.65. The van der Waals surface area contributed by atoms with Gasteiger partial charge in [-0.2, -0.15) is 0 Å². The molecule has 1 aromatic carbocycles. The number of piperidine rings is 1. The highest BCUT2D eigenvalue weighted by atomic mass is 35.5. The van der Waals surface area contributed by atoms with Gasteiger partial charge in [-0.05, 0) is 51.4 Å². The minimum absolute atomic E-state index is 0.341. The Labute approximate surface area is 140 Å². The summed E-state index contributed by atoms with van der Waals surface area (Å²) in [7, 11) is 0. The van der Waals surface area contributed by atoms with E-state index in [0.717, 1.165) is 32.5 Å². The maximum Gasteiger partial charge on any atom is 0.149 e. The molecule has 6 heteroatoms. The maximum atomic E-state index is 14.1. The topological polar surface area (TPSA) is 26.7 Å². The van der Waals surface area contributed by atoms with E-state index < -0.39 is 22.3 Å². The summed E-state index contributed by atoms with van der Waals surface area (Å²) in [4.78, 5) is 4.34. The van der Waals surface area contributed by atoms with Gasteiger partial charge in [-0.1, -0.05) is 17.7 Å². The molecule has 0 spiro atoms. The lowest BCUT2D eigenvalue weighted by atomic mass is 9.92. The summed E-state index contributed by atoms with van der Waals surface area (Å²) < 4.78 is 27.3. The second-order valence-corrected chi connectivity index (χ2v) is 7.23. The number of β-amino-alcohol motifs (C(OH)–C–C–N with tert-alkyl or cyclic N) is 1. The number of rotatable bonds is 4. The molecule has 3 nitrogen and oxygen atoms in total. The lowest BCUT2D eigenvalue weighted by molar-refractivity contribution is -0.0521. The number of aliphatic hydroxyl groups is 1. The van der Waals surface area contributed by atoms with Crippen LogP contribution in [-0.2, 0) is 6.54 Å². The zero-order valence-corrected chi connectivity index (χ0v) is 14.0. The predicted octanol–water partition coefficient (Wildman–Crippen LogP) is 3.04. The quantitative estimate of drug-likeness (QED) is 0.850. The van der Waals surface area contributed by atoms with Gasteiger partial charge in [-0.15, -0.1) is 0 Å². The van der Waals surface area contributed by atoms with Crippen LogP contribution in [0.25, 0.3) is 0 Å². The molecule has 0 radical (unpaired) electrons. The minimum atomic E-state index is -0.747. The first-order valence-electron chi connectivity index (χ1n) is 8.26.